The van der Waals surface area contributed by atoms with Gasteiger partial charge in [0.15, 0.2) is 0 Å². The Morgan fingerprint density at radius 1 is 0.737 bits per heavy atom. The molecule has 38 heavy (non-hydrogen) atoms. The van der Waals surface area contributed by atoms with Crippen LogP contribution < -0.4 is 10.6 Å². The third-order valence-corrected chi connectivity index (χ3v) is 6.73. The van der Waals surface area contributed by atoms with Crippen molar-refractivity contribution in [2.45, 2.75) is 67.7 Å². The fraction of sp³-hybridized carbons (Fsp3) is 0.333. The van der Waals surface area contributed by atoms with Gasteiger partial charge in [-0.25, -0.2) is 0 Å². The van der Waals surface area contributed by atoms with Crippen LogP contribution in [0.5, 0.6) is 0 Å². The molecule has 3 aromatic carbocycles. The van der Waals surface area contributed by atoms with Crippen molar-refractivity contribution in [1.82, 2.24) is 5.32 Å². The SMILES string of the molecule is C=C/C(=C\C(C)=C(/C)NCCc1ccc(C)cc1)Cc1ccc(NCCc2ccc(C)cc2)c(C)c1.CC. The molecule has 202 valence electrons. The maximum absolute atomic E-state index is 4.07. The van der Waals surface area contributed by atoms with Gasteiger partial charge in [0.25, 0.3) is 0 Å². The average Bonchev–Trinajstić information content (AvgIpc) is 2.92. The summed E-state index contributed by atoms with van der Waals surface area (Å²) in [4.78, 5) is 0. The van der Waals surface area contributed by atoms with Crippen molar-refractivity contribution >= 4 is 5.69 Å². The second-order valence-corrected chi connectivity index (χ2v) is 9.88. The van der Waals surface area contributed by atoms with E-state index in [2.05, 4.69) is 125 Å². The average molecular weight is 509 g/mol. The molecular weight excluding hydrogens is 460 g/mol. The molecule has 0 aliphatic carbocycles. The van der Waals surface area contributed by atoms with Crippen LogP contribution >= 0.6 is 0 Å². The summed E-state index contributed by atoms with van der Waals surface area (Å²) in [5.41, 5.74) is 12.8. The Bertz CT molecular complexity index is 1200. The third-order valence-electron chi connectivity index (χ3n) is 6.73. The van der Waals surface area contributed by atoms with Gasteiger partial charge in [0.2, 0.25) is 0 Å². The van der Waals surface area contributed by atoms with Gasteiger partial charge in [-0.3, -0.25) is 0 Å². The molecular formula is C36H48N2. The minimum atomic E-state index is 0.877. The summed E-state index contributed by atoms with van der Waals surface area (Å²) >= 11 is 0. The molecule has 0 unspecified atom stereocenters. The Morgan fingerprint density at radius 3 is 1.79 bits per heavy atom. The molecule has 0 radical (unpaired) electrons. The number of anilines is 1. The minimum absolute atomic E-state index is 0.877. The first kappa shape index (κ1) is 30.7. The predicted molar refractivity (Wildman–Crippen MR) is 169 cm³/mol. The lowest BCUT2D eigenvalue weighted by Gasteiger charge is -2.13. The fourth-order valence-corrected chi connectivity index (χ4v) is 4.22. The lowest BCUT2D eigenvalue weighted by molar-refractivity contribution is 0.781. The zero-order valence-electron chi connectivity index (χ0n) is 24.7. The molecule has 0 aromatic heterocycles. The third kappa shape index (κ3) is 10.5. The van der Waals surface area contributed by atoms with E-state index in [4.69, 9.17) is 0 Å². The van der Waals surface area contributed by atoms with Gasteiger partial charge in [0, 0.05) is 24.5 Å². The van der Waals surface area contributed by atoms with Crippen molar-refractivity contribution in [3.63, 3.8) is 0 Å². The zero-order chi connectivity index (χ0) is 27.9. The van der Waals surface area contributed by atoms with Crippen molar-refractivity contribution in [2.75, 3.05) is 18.4 Å². The smallest absolute Gasteiger partial charge is 0.0370 e. The molecule has 3 aromatic rings. The number of hydrogen-bond donors (Lipinski definition) is 2. The van der Waals surface area contributed by atoms with Crippen molar-refractivity contribution < 1.29 is 0 Å². The maximum atomic E-state index is 4.07. The first-order chi connectivity index (χ1) is 18.3. The standard InChI is InChI=1S/C34H42N2.C2H6/c1-7-30(22-27(4)29(6)35-20-18-31-12-8-25(2)9-13-31)24-33-16-17-34(28(5)23-33)36-21-19-32-14-10-26(3)11-15-32;1-2/h7-17,22-23,35-36H,1,18-21,24H2,2-6H3;1-2H3/b29-27+,30-22+;. The quantitative estimate of drug-likeness (QED) is 0.238. The van der Waals surface area contributed by atoms with Crippen LogP contribution in [-0.4, -0.2) is 13.1 Å². The highest BCUT2D eigenvalue weighted by Crippen LogP contribution is 2.20. The molecule has 2 nitrogen and oxygen atoms in total. The van der Waals surface area contributed by atoms with E-state index in [9.17, 15) is 0 Å². The Labute approximate surface area is 232 Å². The molecule has 0 saturated heterocycles. The molecule has 2 heteroatoms. The molecule has 0 aliphatic rings. The second-order valence-electron chi connectivity index (χ2n) is 9.88. The van der Waals surface area contributed by atoms with Crippen LogP contribution in [0, 0.1) is 20.8 Å². The maximum Gasteiger partial charge on any atom is 0.0370 e. The highest BCUT2D eigenvalue weighted by molar-refractivity contribution is 5.53. The number of benzene rings is 3. The van der Waals surface area contributed by atoms with E-state index in [-0.39, 0.29) is 0 Å². The molecule has 0 atom stereocenters. The molecule has 0 aliphatic heterocycles. The lowest BCUT2D eigenvalue weighted by atomic mass is 10.00. The molecule has 3 rings (SSSR count). The minimum Gasteiger partial charge on any atom is -0.388 e. The largest absolute Gasteiger partial charge is 0.388 e. The van der Waals surface area contributed by atoms with Crippen molar-refractivity contribution in [2.24, 2.45) is 0 Å². The highest BCUT2D eigenvalue weighted by Gasteiger charge is 2.04. The molecule has 0 saturated carbocycles. The van der Waals surface area contributed by atoms with Gasteiger partial charge in [0.1, 0.15) is 0 Å². The second kappa shape index (κ2) is 16.3. The fourth-order valence-electron chi connectivity index (χ4n) is 4.22. The van der Waals surface area contributed by atoms with Crippen LogP contribution in [0.3, 0.4) is 0 Å². The summed E-state index contributed by atoms with van der Waals surface area (Å²) in [7, 11) is 0. The van der Waals surface area contributed by atoms with Crippen LogP contribution in [0.2, 0.25) is 0 Å². The van der Waals surface area contributed by atoms with Crippen molar-refractivity contribution in [3.05, 3.63) is 136 Å². The van der Waals surface area contributed by atoms with E-state index in [1.165, 1.54) is 55.9 Å². The first-order valence-electron chi connectivity index (χ1n) is 14.0. The first-order valence-corrected chi connectivity index (χ1v) is 14.0. The van der Waals surface area contributed by atoms with Crippen LogP contribution in [0.4, 0.5) is 5.69 Å². The number of rotatable bonds is 12. The van der Waals surface area contributed by atoms with Gasteiger partial charge in [-0.05, 0) is 93.3 Å². The highest BCUT2D eigenvalue weighted by atomic mass is 14.9. The summed E-state index contributed by atoms with van der Waals surface area (Å²) < 4.78 is 0. The van der Waals surface area contributed by atoms with E-state index in [0.717, 1.165) is 32.4 Å². The molecule has 0 amide bonds. The zero-order valence-corrected chi connectivity index (χ0v) is 24.7. The molecule has 0 spiro atoms. The van der Waals surface area contributed by atoms with Crippen LogP contribution in [-0.2, 0) is 19.3 Å². The number of allylic oxidation sites excluding steroid dienone is 5. The van der Waals surface area contributed by atoms with Gasteiger partial charge in [0.05, 0.1) is 0 Å². The summed E-state index contributed by atoms with van der Waals surface area (Å²) in [5.74, 6) is 0. The monoisotopic (exact) mass is 508 g/mol. The normalized spacial score (nSPS) is 11.7. The van der Waals surface area contributed by atoms with Crippen LogP contribution in [0.25, 0.3) is 0 Å². The molecule has 2 N–H and O–H groups in total. The van der Waals surface area contributed by atoms with Gasteiger partial charge in [-0.1, -0.05) is 104 Å². The number of hydrogen-bond acceptors (Lipinski definition) is 2. The van der Waals surface area contributed by atoms with Gasteiger partial charge >= 0.3 is 0 Å². The van der Waals surface area contributed by atoms with Crippen LogP contribution in [0.1, 0.15) is 61.1 Å². The Balaban J connectivity index is 0.00000247. The van der Waals surface area contributed by atoms with E-state index >= 15 is 0 Å². The van der Waals surface area contributed by atoms with Gasteiger partial charge < -0.3 is 10.6 Å². The lowest BCUT2D eigenvalue weighted by Crippen LogP contribution is -2.16. The Morgan fingerprint density at radius 2 is 1.26 bits per heavy atom. The summed E-state index contributed by atoms with van der Waals surface area (Å²) in [6.07, 6.45) is 7.15. The Hall–Kier alpha value is -3.52. The Kier molecular flexibility index (Phi) is 13.2. The van der Waals surface area contributed by atoms with Crippen LogP contribution in [0.15, 0.2) is 102 Å². The number of nitrogens with one attached hydrogen (secondary N) is 2. The van der Waals surface area contributed by atoms with E-state index in [0.29, 0.717) is 0 Å². The number of aryl methyl sites for hydroxylation is 3. The summed E-state index contributed by atoms with van der Waals surface area (Å²) in [6, 6.07) is 24.3. The van der Waals surface area contributed by atoms with Crippen molar-refractivity contribution in [1.29, 1.82) is 0 Å². The summed E-state index contributed by atoms with van der Waals surface area (Å²) in [5, 5.41) is 7.18. The topological polar surface area (TPSA) is 24.1 Å². The van der Waals surface area contributed by atoms with E-state index in [1.54, 1.807) is 0 Å². The van der Waals surface area contributed by atoms with E-state index < -0.39 is 0 Å². The van der Waals surface area contributed by atoms with Gasteiger partial charge in [-0.2, -0.15) is 0 Å². The molecule has 0 heterocycles. The van der Waals surface area contributed by atoms with E-state index in [1.807, 2.05) is 19.9 Å². The van der Waals surface area contributed by atoms with Crippen molar-refractivity contribution in [3.8, 4) is 0 Å². The summed E-state index contributed by atoms with van der Waals surface area (Å²) in [6.45, 7) is 20.7. The predicted octanol–water partition coefficient (Wildman–Crippen LogP) is 9.07. The molecule has 0 fully saturated rings. The van der Waals surface area contributed by atoms with Gasteiger partial charge in [-0.15, -0.1) is 0 Å². The molecule has 0 bridgehead atoms.